The Morgan fingerprint density at radius 2 is 1.96 bits per heavy atom. The van der Waals surface area contributed by atoms with Gasteiger partial charge in [0.1, 0.15) is 6.04 Å². The summed E-state index contributed by atoms with van der Waals surface area (Å²) in [6.45, 7) is 4.50. The Morgan fingerprint density at radius 3 is 2.68 bits per heavy atom. The number of anilines is 1. The van der Waals surface area contributed by atoms with E-state index in [0.717, 1.165) is 6.42 Å². The smallest absolute Gasteiger partial charge is 0.230 e. The molecule has 1 unspecified atom stereocenters. The van der Waals surface area contributed by atoms with Crippen molar-refractivity contribution >= 4 is 34.8 Å². The number of nitrogens with one attached hydrogen (secondary N) is 2. The lowest BCUT2D eigenvalue weighted by Gasteiger charge is -2.43. The molecule has 0 saturated carbocycles. The van der Waals surface area contributed by atoms with Crippen LogP contribution in [0.1, 0.15) is 37.4 Å². The van der Waals surface area contributed by atoms with Crippen LogP contribution in [0.5, 0.6) is 0 Å². The van der Waals surface area contributed by atoms with E-state index in [1.807, 2.05) is 6.07 Å². The highest BCUT2D eigenvalue weighted by Gasteiger charge is 2.41. The number of quaternary nitrogens is 1. The number of fused-ring (bicyclic) bond motifs is 1. The van der Waals surface area contributed by atoms with Crippen molar-refractivity contribution in [3.63, 3.8) is 0 Å². The molecule has 1 aliphatic heterocycles. The molecule has 1 heterocycles. The summed E-state index contributed by atoms with van der Waals surface area (Å²) in [6.07, 6.45) is 1.42. The van der Waals surface area contributed by atoms with Gasteiger partial charge < -0.3 is 10.2 Å². The van der Waals surface area contributed by atoms with Crippen molar-refractivity contribution in [2.45, 2.75) is 38.3 Å². The Hall–Kier alpha value is -1.55. The Balaban J connectivity index is 1.82. The van der Waals surface area contributed by atoms with Gasteiger partial charge in [-0.3, -0.25) is 4.79 Å². The lowest BCUT2D eigenvalue weighted by atomic mass is 9.81. The second-order valence-corrected chi connectivity index (χ2v) is 8.22. The average Bonchev–Trinajstić information content (AvgIpc) is 2.54. The van der Waals surface area contributed by atoms with Crippen LogP contribution in [0.4, 0.5) is 5.69 Å². The standard InChI is InChI=1S/C20H22Cl2N2O/c1-20(2)12-13-6-4-5-7-15(13)18(24(20)3)11-19(25)23-17-9-8-14(21)10-16(17)22/h4-10,18H,11-12H2,1-3H3,(H,23,25)/p+1/t18-/m0/s1. The number of hydrogen-bond acceptors (Lipinski definition) is 1. The van der Waals surface area contributed by atoms with Crippen LogP contribution in [0.25, 0.3) is 0 Å². The monoisotopic (exact) mass is 377 g/mol. The van der Waals surface area contributed by atoms with Gasteiger partial charge in [-0.1, -0.05) is 47.5 Å². The number of halogens is 2. The summed E-state index contributed by atoms with van der Waals surface area (Å²) in [5, 5.41) is 3.92. The molecule has 3 nitrogen and oxygen atoms in total. The number of likely N-dealkylation sites (N-methyl/N-ethyl adjacent to an activating group) is 1. The van der Waals surface area contributed by atoms with E-state index in [0.29, 0.717) is 22.2 Å². The molecule has 5 heteroatoms. The van der Waals surface area contributed by atoms with Crippen LogP contribution in [-0.4, -0.2) is 18.5 Å². The summed E-state index contributed by atoms with van der Waals surface area (Å²) in [4.78, 5) is 14.0. The molecular formula is C20H23Cl2N2O+. The van der Waals surface area contributed by atoms with Crippen LogP contribution in [0.3, 0.4) is 0 Å². The fourth-order valence-corrected chi connectivity index (χ4v) is 4.05. The summed E-state index contributed by atoms with van der Waals surface area (Å²) < 4.78 is 0. The first-order valence-corrected chi connectivity index (χ1v) is 9.20. The molecule has 3 rings (SSSR count). The Labute approximate surface area is 158 Å². The summed E-state index contributed by atoms with van der Waals surface area (Å²) >= 11 is 12.1. The topological polar surface area (TPSA) is 33.5 Å². The summed E-state index contributed by atoms with van der Waals surface area (Å²) in [5.74, 6) is -0.0407. The minimum atomic E-state index is -0.0407. The van der Waals surface area contributed by atoms with E-state index in [-0.39, 0.29) is 17.5 Å². The van der Waals surface area contributed by atoms with Crippen LogP contribution in [-0.2, 0) is 11.2 Å². The molecule has 2 N–H and O–H groups in total. The zero-order chi connectivity index (χ0) is 18.2. The molecule has 2 atom stereocenters. The zero-order valence-corrected chi connectivity index (χ0v) is 16.2. The van der Waals surface area contributed by atoms with E-state index in [1.165, 1.54) is 16.0 Å². The fraction of sp³-hybridized carbons (Fsp3) is 0.350. The van der Waals surface area contributed by atoms with E-state index in [1.54, 1.807) is 18.2 Å². The number of amides is 1. The highest BCUT2D eigenvalue weighted by atomic mass is 35.5. The third-order valence-corrected chi connectivity index (χ3v) is 5.80. The van der Waals surface area contributed by atoms with E-state index in [2.05, 4.69) is 44.4 Å². The molecule has 0 bridgehead atoms. The first-order valence-electron chi connectivity index (χ1n) is 8.44. The van der Waals surface area contributed by atoms with Crippen molar-refractivity contribution in [3.8, 4) is 0 Å². The highest BCUT2D eigenvalue weighted by molar-refractivity contribution is 6.36. The van der Waals surface area contributed by atoms with Crippen molar-refractivity contribution in [3.05, 3.63) is 63.6 Å². The number of benzene rings is 2. The molecule has 1 aliphatic rings. The predicted molar refractivity (Wildman–Crippen MR) is 104 cm³/mol. The van der Waals surface area contributed by atoms with Crippen molar-refractivity contribution in [1.29, 1.82) is 0 Å². The predicted octanol–water partition coefficient (Wildman–Crippen LogP) is 3.91. The molecule has 132 valence electrons. The maximum atomic E-state index is 12.7. The van der Waals surface area contributed by atoms with Crippen molar-refractivity contribution in [1.82, 2.24) is 0 Å². The molecular weight excluding hydrogens is 355 g/mol. The molecule has 0 saturated heterocycles. The van der Waals surface area contributed by atoms with Gasteiger partial charge in [0.2, 0.25) is 5.91 Å². The van der Waals surface area contributed by atoms with Crippen molar-refractivity contribution in [2.75, 3.05) is 12.4 Å². The first kappa shape index (κ1) is 18.2. The summed E-state index contributed by atoms with van der Waals surface area (Å²) in [5.41, 5.74) is 3.27. The van der Waals surface area contributed by atoms with E-state index < -0.39 is 0 Å². The third-order valence-electron chi connectivity index (χ3n) is 5.25. The van der Waals surface area contributed by atoms with E-state index in [4.69, 9.17) is 23.2 Å². The van der Waals surface area contributed by atoms with Crippen LogP contribution in [0, 0.1) is 0 Å². The SMILES string of the molecule is C[NH+]1[C@@H](CC(=O)Nc2ccc(Cl)cc2Cl)c2ccccc2CC1(C)C. The molecule has 25 heavy (non-hydrogen) atoms. The number of hydrogen-bond donors (Lipinski definition) is 2. The number of rotatable bonds is 3. The minimum absolute atomic E-state index is 0.0407. The Bertz CT molecular complexity index is 804. The summed E-state index contributed by atoms with van der Waals surface area (Å²) in [7, 11) is 2.17. The van der Waals surface area contributed by atoms with Gasteiger partial charge in [0.05, 0.1) is 29.7 Å². The van der Waals surface area contributed by atoms with Gasteiger partial charge in [-0.15, -0.1) is 0 Å². The Kier molecular flexibility index (Phi) is 5.10. The zero-order valence-electron chi connectivity index (χ0n) is 14.7. The molecule has 0 aromatic heterocycles. The largest absolute Gasteiger partial charge is 0.326 e. The molecule has 1 amide bonds. The normalized spacial score (nSPS) is 21.5. The maximum Gasteiger partial charge on any atom is 0.230 e. The van der Waals surface area contributed by atoms with Gasteiger partial charge in [-0.05, 0) is 37.6 Å². The molecule has 0 radical (unpaired) electrons. The first-order chi connectivity index (χ1) is 11.8. The van der Waals surface area contributed by atoms with Gasteiger partial charge in [0, 0.05) is 17.0 Å². The lowest BCUT2D eigenvalue weighted by Crippen LogP contribution is -3.18. The molecule has 2 aromatic rings. The van der Waals surface area contributed by atoms with Gasteiger partial charge >= 0.3 is 0 Å². The number of carbonyl (C=O) groups excluding carboxylic acids is 1. The molecule has 2 aromatic carbocycles. The summed E-state index contributed by atoms with van der Waals surface area (Å²) in [6, 6.07) is 13.6. The minimum Gasteiger partial charge on any atom is -0.326 e. The van der Waals surface area contributed by atoms with E-state index in [9.17, 15) is 4.79 Å². The molecule has 0 aliphatic carbocycles. The second-order valence-electron chi connectivity index (χ2n) is 7.37. The van der Waals surface area contributed by atoms with Gasteiger partial charge in [-0.25, -0.2) is 0 Å². The molecule has 0 spiro atoms. The molecule has 0 fully saturated rings. The third kappa shape index (κ3) is 3.84. The maximum absolute atomic E-state index is 12.7. The van der Waals surface area contributed by atoms with Crippen LogP contribution >= 0.6 is 23.2 Å². The fourth-order valence-electron chi connectivity index (χ4n) is 3.60. The quantitative estimate of drug-likeness (QED) is 0.834. The lowest BCUT2D eigenvalue weighted by molar-refractivity contribution is -0.962. The van der Waals surface area contributed by atoms with Crippen molar-refractivity contribution in [2.24, 2.45) is 0 Å². The van der Waals surface area contributed by atoms with Crippen molar-refractivity contribution < 1.29 is 9.69 Å². The van der Waals surface area contributed by atoms with Gasteiger partial charge in [-0.2, -0.15) is 0 Å². The van der Waals surface area contributed by atoms with Gasteiger partial charge in [0.25, 0.3) is 0 Å². The Morgan fingerprint density at radius 1 is 1.24 bits per heavy atom. The highest BCUT2D eigenvalue weighted by Crippen LogP contribution is 2.29. The van der Waals surface area contributed by atoms with Crippen LogP contribution in [0.15, 0.2) is 42.5 Å². The van der Waals surface area contributed by atoms with E-state index >= 15 is 0 Å². The second kappa shape index (κ2) is 6.99. The van der Waals surface area contributed by atoms with Crippen LogP contribution in [0.2, 0.25) is 10.0 Å². The van der Waals surface area contributed by atoms with Gasteiger partial charge in [0.15, 0.2) is 0 Å². The average molecular weight is 378 g/mol. The number of carbonyl (C=O) groups is 1. The van der Waals surface area contributed by atoms with Crippen LogP contribution < -0.4 is 10.2 Å².